The van der Waals surface area contributed by atoms with E-state index in [0.717, 1.165) is 4.90 Å². The maximum Gasteiger partial charge on any atom is 0.362 e. The fourth-order valence-electron chi connectivity index (χ4n) is 1.83. The van der Waals surface area contributed by atoms with Crippen LogP contribution in [0.2, 0.25) is 0 Å². The lowest BCUT2D eigenvalue weighted by Crippen LogP contribution is -2.47. The van der Waals surface area contributed by atoms with Crippen LogP contribution in [-0.4, -0.2) is 61.3 Å². The first-order valence-corrected chi connectivity index (χ1v) is 8.37. The van der Waals surface area contributed by atoms with Gasteiger partial charge in [0.1, 0.15) is 0 Å². The van der Waals surface area contributed by atoms with Crippen LogP contribution in [0.5, 0.6) is 0 Å². The molecule has 0 radical (unpaired) electrons. The minimum absolute atomic E-state index is 0.131. The Morgan fingerprint density at radius 1 is 1.15 bits per heavy atom. The van der Waals surface area contributed by atoms with Gasteiger partial charge in [-0.2, -0.15) is 0 Å². The third-order valence-corrected chi connectivity index (χ3v) is 5.19. The van der Waals surface area contributed by atoms with E-state index in [1.54, 1.807) is 13.8 Å². The Labute approximate surface area is 120 Å². The molecule has 0 aromatic carbocycles. The van der Waals surface area contributed by atoms with Gasteiger partial charge in [-0.05, 0) is 27.7 Å². The third kappa shape index (κ3) is 4.58. The van der Waals surface area contributed by atoms with Gasteiger partial charge >= 0.3 is 7.60 Å². The lowest BCUT2D eigenvalue weighted by atomic mass is 10.4. The zero-order chi connectivity index (χ0) is 15.8. The fraction of sp³-hybridized carbons (Fsp3) is 0.833. The maximum absolute atomic E-state index is 12.8. The summed E-state index contributed by atoms with van der Waals surface area (Å²) in [6, 6.07) is 0. The number of carbonyl (C=O) groups is 2. The van der Waals surface area contributed by atoms with Gasteiger partial charge in [0.15, 0.2) is 0 Å². The molecule has 0 aliphatic carbocycles. The van der Waals surface area contributed by atoms with Gasteiger partial charge in [-0.25, -0.2) is 0 Å². The standard InChI is InChI=1S/C12H25N2O5P/c1-6-14(7-2)11(16)12(13(5)10-15)20(17,18-8-3)19-9-4/h10,12H,6-9H2,1-5H3. The summed E-state index contributed by atoms with van der Waals surface area (Å²) in [6.07, 6.45) is 0.455. The van der Waals surface area contributed by atoms with E-state index >= 15 is 0 Å². The second-order valence-corrected chi connectivity index (χ2v) is 6.12. The molecule has 2 amide bonds. The highest BCUT2D eigenvalue weighted by Gasteiger charge is 2.45. The number of likely N-dealkylation sites (N-methyl/N-ethyl adjacent to an activating group) is 2. The summed E-state index contributed by atoms with van der Waals surface area (Å²) < 4.78 is 23.2. The van der Waals surface area contributed by atoms with E-state index in [2.05, 4.69) is 0 Å². The second kappa shape index (κ2) is 9.10. The number of carbonyl (C=O) groups excluding carboxylic acids is 2. The minimum Gasteiger partial charge on any atom is -0.341 e. The monoisotopic (exact) mass is 308 g/mol. The summed E-state index contributed by atoms with van der Waals surface area (Å²) in [5.74, 6) is -1.69. The number of hydrogen-bond acceptors (Lipinski definition) is 5. The molecule has 0 aliphatic heterocycles. The lowest BCUT2D eigenvalue weighted by molar-refractivity contribution is -0.137. The average Bonchev–Trinajstić information content (AvgIpc) is 2.40. The lowest BCUT2D eigenvalue weighted by Gasteiger charge is -2.33. The Kier molecular flexibility index (Phi) is 8.69. The predicted octanol–water partition coefficient (Wildman–Crippen LogP) is 1.54. The number of nitrogens with zero attached hydrogens (tertiary/aromatic N) is 2. The van der Waals surface area contributed by atoms with Crippen LogP contribution in [0.15, 0.2) is 0 Å². The fourth-order valence-corrected chi connectivity index (χ4v) is 3.84. The zero-order valence-corrected chi connectivity index (χ0v) is 13.8. The van der Waals surface area contributed by atoms with Gasteiger partial charge in [-0.15, -0.1) is 0 Å². The zero-order valence-electron chi connectivity index (χ0n) is 12.9. The van der Waals surface area contributed by atoms with Crippen molar-refractivity contribution in [3.63, 3.8) is 0 Å². The van der Waals surface area contributed by atoms with E-state index in [9.17, 15) is 14.2 Å². The number of amides is 2. The third-order valence-electron chi connectivity index (χ3n) is 2.77. The highest BCUT2D eigenvalue weighted by Crippen LogP contribution is 2.54. The highest BCUT2D eigenvalue weighted by atomic mass is 31.2. The molecule has 0 saturated heterocycles. The van der Waals surface area contributed by atoms with Crippen molar-refractivity contribution in [3.05, 3.63) is 0 Å². The quantitative estimate of drug-likeness (QED) is 0.452. The van der Waals surface area contributed by atoms with Crippen molar-refractivity contribution in [2.45, 2.75) is 33.5 Å². The van der Waals surface area contributed by atoms with E-state index in [1.165, 1.54) is 11.9 Å². The van der Waals surface area contributed by atoms with E-state index < -0.39 is 19.3 Å². The number of hydrogen-bond donors (Lipinski definition) is 0. The van der Waals surface area contributed by atoms with Crippen molar-refractivity contribution < 1.29 is 23.2 Å². The van der Waals surface area contributed by atoms with Gasteiger partial charge in [-0.3, -0.25) is 14.2 Å². The Hall–Kier alpha value is -0.910. The summed E-state index contributed by atoms with van der Waals surface area (Å²) in [7, 11) is -2.34. The molecule has 1 atom stereocenters. The molecule has 0 aromatic rings. The van der Waals surface area contributed by atoms with Gasteiger partial charge in [0.05, 0.1) is 13.2 Å². The molecule has 1 unspecified atom stereocenters. The van der Waals surface area contributed by atoms with Crippen LogP contribution in [0.25, 0.3) is 0 Å². The van der Waals surface area contributed by atoms with Crippen molar-refractivity contribution in [1.29, 1.82) is 0 Å². The first-order valence-electron chi connectivity index (χ1n) is 6.76. The van der Waals surface area contributed by atoms with E-state index in [1.807, 2.05) is 13.8 Å². The molecule has 7 nitrogen and oxygen atoms in total. The Bertz CT molecular complexity index is 350. The summed E-state index contributed by atoms with van der Waals surface area (Å²) >= 11 is 0. The van der Waals surface area contributed by atoms with Gasteiger partial charge in [0.2, 0.25) is 12.2 Å². The smallest absolute Gasteiger partial charge is 0.341 e. The van der Waals surface area contributed by atoms with E-state index in [-0.39, 0.29) is 13.2 Å². The van der Waals surface area contributed by atoms with Gasteiger partial charge in [0, 0.05) is 20.1 Å². The predicted molar refractivity (Wildman–Crippen MR) is 76.4 cm³/mol. The van der Waals surface area contributed by atoms with Crippen LogP contribution in [0.1, 0.15) is 27.7 Å². The van der Waals surface area contributed by atoms with Crippen LogP contribution in [0, 0.1) is 0 Å². The molecule has 0 saturated carbocycles. The first-order chi connectivity index (χ1) is 9.41. The van der Waals surface area contributed by atoms with Gasteiger partial charge in [-0.1, -0.05) is 0 Å². The molecule has 0 rings (SSSR count). The molecular weight excluding hydrogens is 283 g/mol. The van der Waals surface area contributed by atoms with Crippen molar-refractivity contribution in [2.75, 3.05) is 33.4 Å². The average molecular weight is 308 g/mol. The van der Waals surface area contributed by atoms with Crippen LogP contribution < -0.4 is 0 Å². The summed E-state index contributed by atoms with van der Waals surface area (Å²) in [6.45, 7) is 8.11. The highest BCUT2D eigenvalue weighted by molar-refractivity contribution is 7.55. The molecule has 0 fully saturated rings. The largest absolute Gasteiger partial charge is 0.362 e. The number of rotatable bonds is 10. The van der Waals surface area contributed by atoms with Crippen LogP contribution in [0.4, 0.5) is 0 Å². The van der Waals surface area contributed by atoms with Crippen molar-refractivity contribution in [2.24, 2.45) is 0 Å². The van der Waals surface area contributed by atoms with Crippen LogP contribution in [0.3, 0.4) is 0 Å². The summed E-state index contributed by atoms with van der Waals surface area (Å²) in [4.78, 5) is 26.1. The van der Waals surface area contributed by atoms with Crippen LogP contribution >= 0.6 is 7.60 Å². The minimum atomic E-state index is -3.74. The van der Waals surface area contributed by atoms with Crippen LogP contribution in [-0.2, 0) is 23.2 Å². The van der Waals surface area contributed by atoms with Crippen molar-refractivity contribution in [3.8, 4) is 0 Å². The Morgan fingerprint density at radius 2 is 1.60 bits per heavy atom. The van der Waals surface area contributed by atoms with Crippen molar-refractivity contribution >= 4 is 19.9 Å². The van der Waals surface area contributed by atoms with Gasteiger partial charge < -0.3 is 18.8 Å². The molecular formula is C12H25N2O5P. The second-order valence-electron chi connectivity index (χ2n) is 4.03. The van der Waals surface area contributed by atoms with Crippen molar-refractivity contribution in [1.82, 2.24) is 9.80 Å². The summed E-state index contributed by atoms with van der Waals surface area (Å²) in [5, 5.41) is 0. The molecule has 0 bridgehead atoms. The molecule has 0 aliphatic rings. The molecule has 0 N–H and O–H groups in total. The molecule has 0 heterocycles. The molecule has 118 valence electrons. The Morgan fingerprint density at radius 3 is 1.90 bits per heavy atom. The first kappa shape index (κ1) is 19.1. The van der Waals surface area contributed by atoms with E-state index in [0.29, 0.717) is 19.5 Å². The maximum atomic E-state index is 12.8. The molecule has 0 aromatic heterocycles. The molecule has 8 heteroatoms. The Balaban J connectivity index is 5.57. The SMILES string of the molecule is CCOP(=O)(OCC)C(C(=O)N(CC)CC)N(C)C=O. The normalized spacial score (nSPS) is 12.8. The van der Waals surface area contributed by atoms with Gasteiger partial charge in [0.25, 0.3) is 5.91 Å². The topological polar surface area (TPSA) is 76.2 Å². The molecule has 0 spiro atoms. The molecule has 20 heavy (non-hydrogen) atoms. The van der Waals surface area contributed by atoms with E-state index in [4.69, 9.17) is 9.05 Å². The summed E-state index contributed by atoms with van der Waals surface area (Å²) in [5.41, 5.74) is 0.